The fraction of sp³-hybridized carbons (Fsp3) is 0.160. The fourth-order valence-electron chi connectivity index (χ4n) is 2.75. The Balaban J connectivity index is 1.76. The number of carbonyl (C=O) groups excluding carboxylic acids is 2. The van der Waals surface area contributed by atoms with Crippen LogP contribution in [0, 0.1) is 0 Å². The van der Waals surface area contributed by atoms with E-state index in [0.717, 1.165) is 22.6 Å². The van der Waals surface area contributed by atoms with Crippen LogP contribution in [-0.2, 0) is 9.59 Å². The summed E-state index contributed by atoms with van der Waals surface area (Å²) in [5.74, 6) is 0.540. The molecule has 2 amide bonds. The molecule has 1 aromatic heterocycles. The van der Waals surface area contributed by atoms with Gasteiger partial charge < -0.3 is 14.8 Å². The van der Waals surface area contributed by atoms with Gasteiger partial charge in [-0.1, -0.05) is 24.3 Å². The number of carbonyl (C=O) groups is 2. The number of hydrogen-bond donors (Lipinski definition) is 2. The number of thiazole rings is 1. The molecule has 7 nitrogen and oxygen atoms in total. The lowest BCUT2D eigenvalue weighted by Crippen LogP contribution is -2.29. The number of nitrogens with one attached hydrogen (secondary N) is 2. The molecule has 2 aromatic carbocycles. The second-order valence-electron chi connectivity index (χ2n) is 7.18. The quantitative estimate of drug-likeness (QED) is 0.447. The van der Waals surface area contributed by atoms with Crippen LogP contribution < -0.4 is 20.1 Å². The number of rotatable bonds is 9. The molecule has 0 aliphatic rings. The van der Waals surface area contributed by atoms with Gasteiger partial charge >= 0.3 is 0 Å². The molecule has 2 N–H and O–H groups in total. The maximum absolute atomic E-state index is 12.8. The van der Waals surface area contributed by atoms with Gasteiger partial charge in [0, 0.05) is 17.7 Å². The smallest absolute Gasteiger partial charge is 0.273 e. The van der Waals surface area contributed by atoms with Crippen molar-refractivity contribution in [1.29, 1.82) is 0 Å². The van der Waals surface area contributed by atoms with E-state index in [-0.39, 0.29) is 11.8 Å². The third-order valence-electron chi connectivity index (χ3n) is 4.26. The minimum Gasteiger partial charge on any atom is -0.497 e. The fourth-order valence-corrected chi connectivity index (χ4v) is 3.27. The molecule has 0 unspecified atom stereocenters. The van der Waals surface area contributed by atoms with Gasteiger partial charge in [-0.3, -0.25) is 14.9 Å². The lowest BCUT2D eigenvalue weighted by Gasteiger charge is -2.10. The van der Waals surface area contributed by atoms with Crippen LogP contribution in [0.5, 0.6) is 11.5 Å². The number of anilines is 1. The number of nitrogens with zero attached hydrogens (tertiary/aromatic N) is 1. The molecule has 0 aliphatic carbocycles. The van der Waals surface area contributed by atoms with Crippen molar-refractivity contribution in [3.8, 4) is 11.5 Å². The van der Waals surface area contributed by atoms with Crippen molar-refractivity contribution < 1.29 is 19.1 Å². The first kappa shape index (κ1) is 23.7. The number of aromatic nitrogens is 1. The van der Waals surface area contributed by atoms with Gasteiger partial charge in [0.1, 0.15) is 17.2 Å². The molecule has 1 heterocycles. The number of amides is 2. The van der Waals surface area contributed by atoms with Gasteiger partial charge in [0.05, 0.1) is 13.2 Å². The molecule has 33 heavy (non-hydrogen) atoms. The molecule has 3 rings (SSSR count). The molecule has 0 bridgehead atoms. The molecular formula is C25H25N3O4S. The van der Waals surface area contributed by atoms with E-state index in [1.54, 1.807) is 43.0 Å². The summed E-state index contributed by atoms with van der Waals surface area (Å²) in [4.78, 5) is 29.4. The number of hydrogen-bond acceptors (Lipinski definition) is 6. The third kappa shape index (κ3) is 7.62. The van der Waals surface area contributed by atoms with Gasteiger partial charge in [0.2, 0.25) is 5.91 Å². The maximum atomic E-state index is 12.8. The van der Waals surface area contributed by atoms with Crippen LogP contribution in [0.25, 0.3) is 12.2 Å². The zero-order valence-corrected chi connectivity index (χ0v) is 19.4. The topological polar surface area (TPSA) is 89.5 Å². The Morgan fingerprint density at radius 1 is 1.00 bits per heavy atom. The van der Waals surface area contributed by atoms with Crippen molar-refractivity contribution in [2.24, 2.45) is 0 Å². The Bertz CT molecular complexity index is 1120. The van der Waals surface area contributed by atoms with Crippen molar-refractivity contribution in [3.63, 3.8) is 0 Å². The van der Waals surface area contributed by atoms with Crippen LogP contribution in [0.1, 0.15) is 25.0 Å². The van der Waals surface area contributed by atoms with Crippen molar-refractivity contribution >= 4 is 40.4 Å². The van der Waals surface area contributed by atoms with E-state index in [4.69, 9.17) is 9.47 Å². The Hall–Kier alpha value is -3.91. The summed E-state index contributed by atoms with van der Waals surface area (Å²) in [7, 11) is 1.59. The van der Waals surface area contributed by atoms with Crippen molar-refractivity contribution in [3.05, 3.63) is 83.0 Å². The number of benzene rings is 2. The highest BCUT2D eigenvalue weighted by Gasteiger charge is 2.14. The van der Waals surface area contributed by atoms with Gasteiger partial charge in [-0.2, -0.15) is 0 Å². The first-order chi connectivity index (χ1) is 15.9. The Labute approximate surface area is 196 Å². The summed E-state index contributed by atoms with van der Waals surface area (Å²) in [6.45, 7) is 3.90. The van der Waals surface area contributed by atoms with E-state index < -0.39 is 11.8 Å². The van der Waals surface area contributed by atoms with Crippen LogP contribution in [0.2, 0.25) is 0 Å². The highest BCUT2D eigenvalue weighted by molar-refractivity contribution is 7.13. The standard InChI is InChI=1S/C25H25N3O4S/c1-17(2)32-21-11-6-19(7-12-21)16-22(24(30)28-25-26-14-15-33-25)27-23(29)13-8-18-4-9-20(31-3)10-5-18/h4-17H,1-3H3,(H,27,29)(H,26,28,30)/b13-8+,22-16-. The van der Waals surface area contributed by atoms with E-state index in [1.165, 1.54) is 17.4 Å². The lowest BCUT2D eigenvalue weighted by molar-refractivity contribution is -0.118. The summed E-state index contributed by atoms with van der Waals surface area (Å²) < 4.78 is 10.8. The second kappa shape index (κ2) is 11.6. The van der Waals surface area contributed by atoms with Crippen LogP contribution >= 0.6 is 11.3 Å². The van der Waals surface area contributed by atoms with E-state index in [1.807, 2.05) is 50.2 Å². The Kier molecular flexibility index (Phi) is 8.37. The first-order valence-corrected chi connectivity index (χ1v) is 11.1. The summed E-state index contributed by atoms with van der Waals surface area (Å²) in [5.41, 5.74) is 1.64. The van der Waals surface area contributed by atoms with E-state index in [0.29, 0.717) is 5.13 Å². The summed E-state index contributed by atoms with van der Waals surface area (Å²) in [5, 5.41) is 7.55. The van der Waals surface area contributed by atoms with E-state index in [2.05, 4.69) is 15.6 Å². The molecular weight excluding hydrogens is 438 g/mol. The molecule has 3 aromatic rings. The molecule has 0 radical (unpaired) electrons. The SMILES string of the molecule is COc1ccc(/C=C/C(=O)N/C(=C\c2ccc(OC(C)C)cc2)C(=O)Nc2nccs2)cc1. The average Bonchev–Trinajstić information content (AvgIpc) is 3.31. The summed E-state index contributed by atoms with van der Waals surface area (Å²) in [6.07, 6.45) is 6.27. The van der Waals surface area contributed by atoms with Gasteiger partial charge in [-0.05, 0) is 61.4 Å². The van der Waals surface area contributed by atoms with Crippen LogP contribution in [-0.4, -0.2) is 30.0 Å². The van der Waals surface area contributed by atoms with Crippen LogP contribution in [0.4, 0.5) is 5.13 Å². The Morgan fingerprint density at radius 3 is 2.27 bits per heavy atom. The predicted molar refractivity (Wildman–Crippen MR) is 131 cm³/mol. The maximum Gasteiger partial charge on any atom is 0.273 e. The van der Waals surface area contributed by atoms with Crippen molar-refractivity contribution in [2.75, 3.05) is 12.4 Å². The molecule has 0 spiro atoms. The molecule has 0 fully saturated rings. The highest BCUT2D eigenvalue weighted by Crippen LogP contribution is 2.17. The zero-order chi connectivity index (χ0) is 23.6. The van der Waals surface area contributed by atoms with E-state index >= 15 is 0 Å². The average molecular weight is 464 g/mol. The monoisotopic (exact) mass is 463 g/mol. The molecule has 0 saturated carbocycles. The van der Waals surface area contributed by atoms with Gasteiger partial charge in [-0.25, -0.2) is 4.98 Å². The minimum absolute atomic E-state index is 0.0582. The largest absolute Gasteiger partial charge is 0.497 e. The Morgan fingerprint density at radius 2 is 1.67 bits per heavy atom. The zero-order valence-electron chi connectivity index (χ0n) is 18.6. The summed E-state index contributed by atoms with van der Waals surface area (Å²) >= 11 is 1.29. The highest BCUT2D eigenvalue weighted by atomic mass is 32.1. The third-order valence-corrected chi connectivity index (χ3v) is 4.95. The number of methoxy groups -OCH3 is 1. The minimum atomic E-state index is -0.473. The lowest BCUT2D eigenvalue weighted by atomic mass is 10.1. The second-order valence-corrected chi connectivity index (χ2v) is 8.08. The normalized spacial score (nSPS) is 11.5. The van der Waals surface area contributed by atoms with Gasteiger partial charge in [0.15, 0.2) is 5.13 Å². The first-order valence-electron chi connectivity index (χ1n) is 10.3. The van der Waals surface area contributed by atoms with Crippen LogP contribution in [0.3, 0.4) is 0 Å². The van der Waals surface area contributed by atoms with Gasteiger partial charge in [-0.15, -0.1) is 11.3 Å². The summed E-state index contributed by atoms with van der Waals surface area (Å²) in [6, 6.07) is 14.5. The van der Waals surface area contributed by atoms with Crippen molar-refractivity contribution in [2.45, 2.75) is 20.0 Å². The molecule has 0 atom stereocenters. The number of ether oxygens (including phenoxy) is 2. The van der Waals surface area contributed by atoms with Crippen molar-refractivity contribution in [1.82, 2.24) is 10.3 Å². The van der Waals surface area contributed by atoms with E-state index in [9.17, 15) is 9.59 Å². The molecule has 0 aliphatic heterocycles. The molecule has 0 saturated heterocycles. The van der Waals surface area contributed by atoms with Crippen LogP contribution in [0.15, 0.2) is 71.9 Å². The molecule has 170 valence electrons. The molecule has 8 heteroatoms. The predicted octanol–water partition coefficient (Wildman–Crippen LogP) is 4.75. The van der Waals surface area contributed by atoms with Gasteiger partial charge in [0.25, 0.3) is 5.91 Å².